The van der Waals surface area contributed by atoms with Gasteiger partial charge in [-0.1, -0.05) is 211 Å². The summed E-state index contributed by atoms with van der Waals surface area (Å²) in [4.78, 5) is 0. The number of hydrogen-bond acceptors (Lipinski definition) is 2. The fraction of sp³-hybridized carbons (Fsp3) is 0.108. The van der Waals surface area contributed by atoms with Crippen molar-refractivity contribution in [1.82, 2.24) is 9.13 Å². The van der Waals surface area contributed by atoms with Gasteiger partial charge in [-0.15, -0.1) is 0 Å². The Morgan fingerprint density at radius 3 is 1.18 bits per heavy atom. The molecule has 0 saturated carbocycles. The smallest absolute Gasteiger partial charge is 0.256 e. The number of nitrogens with zero attached hydrogens (tertiary/aromatic N) is 2. The maximum Gasteiger partial charge on any atom is 0.256 e. The summed E-state index contributed by atoms with van der Waals surface area (Å²) in [5.41, 5.74) is 25.7. The molecule has 2 aromatic heterocycles. The van der Waals surface area contributed by atoms with Gasteiger partial charge in [0.15, 0.2) is 0 Å². The molecule has 0 unspecified atom stereocenters. The predicted molar refractivity (Wildman–Crippen MR) is 337 cm³/mol. The van der Waals surface area contributed by atoms with Gasteiger partial charge in [0, 0.05) is 43.5 Å². The van der Waals surface area contributed by atoms with Crippen LogP contribution < -0.4 is 42.3 Å². The lowest BCUT2D eigenvalue weighted by Gasteiger charge is -2.41. The summed E-state index contributed by atoms with van der Waals surface area (Å²) in [6, 6.07) is 81.4. The molecule has 4 aliphatic heterocycles. The summed E-state index contributed by atoms with van der Waals surface area (Å²) < 4.78 is 20.9. The minimum atomic E-state index is -0.232. The number of benzene rings is 11. The Kier molecular flexibility index (Phi) is 9.25. The Morgan fingerprint density at radius 2 is 0.688 bits per heavy atom. The van der Waals surface area contributed by atoms with E-state index in [0.29, 0.717) is 0 Å². The molecule has 0 aliphatic carbocycles. The monoisotopic (exact) mass is 1020 g/mol. The Labute approximate surface area is 466 Å². The Bertz CT molecular complexity index is 4830. The topological polar surface area (TPSA) is 28.3 Å². The number of fused-ring (bicyclic) bond motifs is 16. The molecular weight excluding hydrogens is 970 g/mol. The van der Waals surface area contributed by atoms with Crippen molar-refractivity contribution < 1.29 is 9.47 Å². The van der Waals surface area contributed by atoms with Gasteiger partial charge in [-0.3, -0.25) is 0 Å². The second-order valence-corrected chi connectivity index (χ2v) is 24.8. The summed E-state index contributed by atoms with van der Waals surface area (Å²) >= 11 is 0. The zero-order valence-corrected chi connectivity index (χ0v) is 45.7. The Morgan fingerprint density at radius 1 is 0.312 bits per heavy atom. The van der Waals surface area contributed by atoms with E-state index in [-0.39, 0.29) is 24.3 Å². The van der Waals surface area contributed by atoms with Crippen LogP contribution in [-0.4, -0.2) is 22.6 Å². The average Bonchev–Trinajstić information content (AvgIpc) is 3.77. The van der Waals surface area contributed by atoms with Crippen molar-refractivity contribution in [3.8, 4) is 78.9 Å². The molecule has 0 bridgehead atoms. The van der Waals surface area contributed by atoms with E-state index in [1.807, 2.05) is 0 Å². The van der Waals surface area contributed by atoms with Crippen molar-refractivity contribution in [3.63, 3.8) is 0 Å². The summed E-state index contributed by atoms with van der Waals surface area (Å²) in [7, 11) is 0. The van der Waals surface area contributed by atoms with Gasteiger partial charge in [-0.25, -0.2) is 0 Å². The number of aromatic nitrogens is 2. The van der Waals surface area contributed by atoms with Crippen LogP contribution in [0.25, 0.3) is 99.5 Å². The van der Waals surface area contributed by atoms with Crippen molar-refractivity contribution >= 4 is 89.8 Å². The largest absolute Gasteiger partial charge is 0.456 e. The Balaban J connectivity index is 1.08. The SMILES string of the molecule is CC(C)(C)c1ccc2c(c1)c1cc(C(C)(C)C)cc3c1n2-c1c2c4c(c5c1B3c1cc(-c3ccccc3)ccc1O5)-n1c3ccc(-c5ccccc5)cc3c3cc(-c5ccccc5)cc(c31)B4c1cc(-c3ccccc3)ccc1O2. The second kappa shape index (κ2) is 16.2. The molecule has 4 nitrogen and oxygen atoms in total. The van der Waals surface area contributed by atoms with E-state index in [1.54, 1.807) is 0 Å². The standard InChI is InChI=1S/C74H54B2N2O2/c1-73(2,3)51-30-32-62-54(40-51)56-41-52(74(4,5)6)42-60-68(56)78(62)70-66-72(80-64-34-29-49(38-58(64)76(60)66)45-23-15-9-16-24-45)69-65-71(70)79-63-33-28-48(44-21-13-8-14-22-44)37-57(63)75(65)59-39-50(46-25-17-10-18-26-46)36-55-53-35-47(43-19-11-7-12-20-43)27-31-61(53)77(69)67(55)59/h7-42H,1-6H3. The first-order valence-electron chi connectivity index (χ1n) is 28.3. The lowest BCUT2D eigenvalue weighted by Crippen LogP contribution is -2.63. The zero-order valence-electron chi connectivity index (χ0n) is 45.7. The van der Waals surface area contributed by atoms with Crippen LogP contribution in [0.2, 0.25) is 0 Å². The predicted octanol–water partition coefficient (Wildman–Crippen LogP) is 15.0. The average molecular weight is 1020 g/mol. The molecule has 6 heterocycles. The molecule has 11 aromatic carbocycles. The molecule has 0 atom stereocenters. The third-order valence-corrected chi connectivity index (χ3v) is 18.1. The molecule has 0 N–H and O–H groups in total. The minimum absolute atomic E-state index is 0.0626. The summed E-state index contributed by atoms with van der Waals surface area (Å²) in [5, 5.41) is 4.93. The normalized spacial score (nSPS) is 13.5. The maximum atomic E-state index is 7.89. The van der Waals surface area contributed by atoms with E-state index in [0.717, 1.165) is 78.4 Å². The van der Waals surface area contributed by atoms with E-state index in [2.05, 4.69) is 269 Å². The van der Waals surface area contributed by atoms with Gasteiger partial charge in [-0.2, -0.15) is 0 Å². The van der Waals surface area contributed by atoms with Crippen LogP contribution >= 0.6 is 0 Å². The van der Waals surface area contributed by atoms with E-state index in [1.165, 1.54) is 88.0 Å². The third-order valence-electron chi connectivity index (χ3n) is 18.1. The molecule has 0 spiro atoms. The molecule has 17 rings (SSSR count). The number of ether oxygens (including phenoxy) is 2. The minimum Gasteiger partial charge on any atom is -0.456 e. The lowest BCUT2D eigenvalue weighted by molar-refractivity contribution is 0.472. The maximum absolute atomic E-state index is 7.89. The van der Waals surface area contributed by atoms with Crippen LogP contribution in [0.1, 0.15) is 52.7 Å². The molecule has 0 amide bonds. The van der Waals surface area contributed by atoms with E-state index >= 15 is 0 Å². The first-order valence-corrected chi connectivity index (χ1v) is 28.3. The lowest BCUT2D eigenvalue weighted by atomic mass is 9.31. The van der Waals surface area contributed by atoms with Crippen molar-refractivity contribution in [2.45, 2.75) is 52.4 Å². The van der Waals surface area contributed by atoms with Gasteiger partial charge in [0.1, 0.15) is 23.0 Å². The molecule has 13 aromatic rings. The molecule has 80 heavy (non-hydrogen) atoms. The first kappa shape index (κ1) is 45.7. The number of hydrogen-bond donors (Lipinski definition) is 0. The molecule has 378 valence electrons. The summed E-state index contributed by atoms with van der Waals surface area (Å²) in [5.74, 6) is 3.52. The van der Waals surface area contributed by atoms with Gasteiger partial charge in [0.05, 0.1) is 22.4 Å². The van der Waals surface area contributed by atoms with Gasteiger partial charge in [-0.05, 0) is 137 Å². The van der Waals surface area contributed by atoms with Crippen molar-refractivity contribution in [3.05, 3.63) is 230 Å². The molecule has 0 fully saturated rings. The van der Waals surface area contributed by atoms with Crippen molar-refractivity contribution in [1.29, 1.82) is 0 Å². The second-order valence-electron chi connectivity index (χ2n) is 24.8. The molecule has 6 heteroatoms. The fourth-order valence-corrected chi connectivity index (χ4v) is 14.2. The van der Waals surface area contributed by atoms with Gasteiger partial charge in [0.2, 0.25) is 0 Å². The quantitative estimate of drug-likeness (QED) is 0.164. The van der Waals surface area contributed by atoms with Crippen LogP contribution in [0, 0.1) is 0 Å². The van der Waals surface area contributed by atoms with Crippen LogP contribution in [-0.2, 0) is 10.8 Å². The summed E-state index contributed by atoms with van der Waals surface area (Å²) in [6.07, 6.45) is 0. The number of rotatable bonds is 4. The van der Waals surface area contributed by atoms with Crippen molar-refractivity contribution in [2.75, 3.05) is 0 Å². The Hall–Kier alpha value is -9.25. The van der Waals surface area contributed by atoms with Crippen LogP contribution in [0.4, 0.5) is 0 Å². The van der Waals surface area contributed by atoms with E-state index in [9.17, 15) is 0 Å². The third kappa shape index (κ3) is 6.36. The van der Waals surface area contributed by atoms with E-state index in [4.69, 9.17) is 9.47 Å². The van der Waals surface area contributed by atoms with Crippen molar-refractivity contribution in [2.24, 2.45) is 0 Å². The van der Waals surface area contributed by atoms with Crippen LogP contribution in [0.5, 0.6) is 23.0 Å². The fourth-order valence-electron chi connectivity index (χ4n) is 14.2. The molecular formula is C74H54B2N2O2. The summed E-state index contributed by atoms with van der Waals surface area (Å²) in [6.45, 7) is 13.6. The van der Waals surface area contributed by atoms with Crippen LogP contribution in [0.15, 0.2) is 218 Å². The molecule has 4 aliphatic rings. The zero-order chi connectivity index (χ0) is 53.5. The highest BCUT2D eigenvalue weighted by Crippen LogP contribution is 2.50. The highest BCUT2D eigenvalue weighted by atomic mass is 16.5. The van der Waals surface area contributed by atoms with Crippen LogP contribution in [0.3, 0.4) is 0 Å². The first-order chi connectivity index (χ1) is 38.9. The molecule has 0 saturated heterocycles. The van der Waals surface area contributed by atoms with Gasteiger partial charge >= 0.3 is 0 Å². The van der Waals surface area contributed by atoms with E-state index < -0.39 is 0 Å². The molecule has 0 radical (unpaired) electrons. The highest BCUT2D eigenvalue weighted by molar-refractivity contribution is 7.02. The van der Waals surface area contributed by atoms with Gasteiger partial charge in [0.25, 0.3) is 13.4 Å². The highest BCUT2D eigenvalue weighted by Gasteiger charge is 2.51. The van der Waals surface area contributed by atoms with Gasteiger partial charge < -0.3 is 18.6 Å².